The molecule has 0 radical (unpaired) electrons. The number of ether oxygens (including phenoxy) is 2. The van der Waals surface area contributed by atoms with Crippen molar-refractivity contribution in [3.8, 4) is 5.75 Å². The monoisotopic (exact) mass is 359 g/mol. The largest absolute Gasteiger partial charge is 0.491 e. The third kappa shape index (κ3) is 6.37. The van der Waals surface area contributed by atoms with Gasteiger partial charge in [-0.2, -0.15) is 0 Å². The number of nitrogens with one attached hydrogen (secondary N) is 2. The van der Waals surface area contributed by atoms with Gasteiger partial charge in [0, 0.05) is 27.2 Å². The maximum atomic E-state index is 13.6. The van der Waals surface area contributed by atoms with Gasteiger partial charge in [0.25, 0.3) is 0 Å². The Balaban J connectivity index is 1.80. The number of guanidine groups is 1. The molecular formula is C20H26FN3O2. The molecule has 0 bridgehead atoms. The second-order valence-corrected chi connectivity index (χ2v) is 5.85. The normalized spacial score (nSPS) is 11.3. The Bertz CT molecular complexity index is 717. The van der Waals surface area contributed by atoms with Crippen LogP contribution in [-0.4, -0.2) is 33.3 Å². The minimum atomic E-state index is -0.194. The molecule has 140 valence electrons. The first-order valence-corrected chi connectivity index (χ1v) is 8.52. The van der Waals surface area contributed by atoms with Crippen molar-refractivity contribution in [1.82, 2.24) is 10.6 Å². The van der Waals surface area contributed by atoms with Crippen molar-refractivity contribution in [2.45, 2.75) is 20.0 Å². The van der Waals surface area contributed by atoms with Crippen LogP contribution in [0.25, 0.3) is 0 Å². The fraction of sp³-hybridized carbons (Fsp3) is 0.350. The predicted octanol–water partition coefficient (Wildman–Crippen LogP) is 3.02. The van der Waals surface area contributed by atoms with E-state index < -0.39 is 0 Å². The Morgan fingerprint density at radius 3 is 2.27 bits per heavy atom. The van der Waals surface area contributed by atoms with E-state index >= 15 is 0 Å². The zero-order chi connectivity index (χ0) is 18.8. The SMILES string of the molecule is CN=C(NCc1ccc(OCCOC)cc1)NCc1ccc(C)c(F)c1. The van der Waals surface area contributed by atoms with Gasteiger partial charge in [-0.1, -0.05) is 24.3 Å². The van der Waals surface area contributed by atoms with Crippen molar-refractivity contribution >= 4 is 5.96 Å². The molecule has 0 aliphatic carbocycles. The van der Waals surface area contributed by atoms with Gasteiger partial charge in [-0.05, 0) is 41.8 Å². The van der Waals surface area contributed by atoms with E-state index in [0.717, 1.165) is 16.9 Å². The number of benzene rings is 2. The Labute approximate surface area is 154 Å². The first kappa shape index (κ1) is 19.7. The molecule has 26 heavy (non-hydrogen) atoms. The molecule has 0 atom stereocenters. The van der Waals surface area contributed by atoms with E-state index in [1.54, 1.807) is 27.1 Å². The van der Waals surface area contributed by atoms with Gasteiger partial charge in [0.2, 0.25) is 0 Å². The van der Waals surface area contributed by atoms with E-state index in [1.807, 2.05) is 30.3 Å². The summed E-state index contributed by atoms with van der Waals surface area (Å²) in [5.41, 5.74) is 2.62. The topological polar surface area (TPSA) is 54.9 Å². The van der Waals surface area contributed by atoms with Crippen LogP contribution in [0.4, 0.5) is 4.39 Å². The van der Waals surface area contributed by atoms with Crippen molar-refractivity contribution in [2.24, 2.45) is 4.99 Å². The highest BCUT2D eigenvalue weighted by Gasteiger charge is 2.02. The molecule has 0 amide bonds. The molecule has 0 unspecified atom stereocenters. The second kappa shape index (κ2) is 10.4. The van der Waals surface area contributed by atoms with E-state index in [2.05, 4.69) is 15.6 Å². The summed E-state index contributed by atoms with van der Waals surface area (Å²) in [5, 5.41) is 6.42. The van der Waals surface area contributed by atoms with Crippen LogP contribution in [0.3, 0.4) is 0 Å². The quantitative estimate of drug-likeness (QED) is 0.432. The zero-order valence-corrected chi connectivity index (χ0v) is 15.5. The summed E-state index contributed by atoms with van der Waals surface area (Å²) < 4.78 is 24.1. The van der Waals surface area contributed by atoms with Crippen LogP contribution in [0.2, 0.25) is 0 Å². The second-order valence-electron chi connectivity index (χ2n) is 5.85. The van der Waals surface area contributed by atoms with Gasteiger partial charge in [-0.15, -0.1) is 0 Å². The Morgan fingerprint density at radius 1 is 1.00 bits per heavy atom. The number of nitrogens with zero attached hydrogens (tertiary/aromatic N) is 1. The molecule has 0 heterocycles. The van der Waals surface area contributed by atoms with Gasteiger partial charge >= 0.3 is 0 Å². The average molecular weight is 359 g/mol. The average Bonchev–Trinajstić information content (AvgIpc) is 2.66. The molecule has 0 aromatic heterocycles. The standard InChI is InChI=1S/C20H26FN3O2/c1-15-4-5-17(12-19(15)21)14-24-20(22-2)23-13-16-6-8-18(9-7-16)26-11-10-25-3/h4-9,12H,10-11,13-14H2,1-3H3,(H2,22,23,24). The number of hydrogen-bond donors (Lipinski definition) is 2. The van der Waals surface area contributed by atoms with Gasteiger partial charge in [-0.3, -0.25) is 4.99 Å². The Hall–Kier alpha value is -2.60. The summed E-state index contributed by atoms with van der Waals surface area (Å²) in [7, 11) is 3.35. The lowest BCUT2D eigenvalue weighted by Crippen LogP contribution is -2.36. The molecule has 0 aliphatic rings. The first-order valence-electron chi connectivity index (χ1n) is 8.52. The zero-order valence-electron chi connectivity index (χ0n) is 15.5. The van der Waals surface area contributed by atoms with Crippen LogP contribution in [0.15, 0.2) is 47.5 Å². The molecule has 6 heteroatoms. The summed E-state index contributed by atoms with van der Waals surface area (Å²) in [6.45, 7) is 3.98. The van der Waals surface area contributed by atoms with Gasteiger partial charge in [0.15, 0.2) is 5.96 Å². The number of methoxy groups -OCH3 is 1. The maximum absolute atomic E-state index is 13.6. The lowest BCUT2D eigenvalue weighted by molar-refractivity contribution is 0.146. The van der Waals surface area contributed by atoms with Crippen LogP contribution >= 0.6 is 0 Å². The molecule has 0 saturated heterocycles. The smallest absolute Gasteiger partial charge is 0.191 e. The van der Waals surface area contributed by atoms with Crippen LogP contribution in [-0.2, 0) is 17.8 Å². The maximum Gasteiger partial charge on any atom is 0.191 e. The lowest BCUT2D eigenvalue weighted by atomic mass is 10.1. The summed E-state index contributed by atoms with van der Waals surface area (Å²) >= 11 is 0. The van der Waals surface area contributed by atoms with Crippen molar-refractivity contribution in [2.75, 3.05) is 27.4 Å². The summed E-state index contributed by atoms with van der Waals surface area (Å²) in [4.78, 5) is 4.19. The fourth-order valence-corrected chi connectivity index (χ4v) is 2.28. The van der Waals surface area contributed by atoms with Crippen molar-refractivity contribution in [3.63, 3.8) is 0 Å². The summed E-state index contributed by atoms with van der Waals surface area (Å²) in [6.07, 6.45) is 0. The molecule has 0 fully saturated rings. The van der Waals surface area contributed by atoms with Crippen LogP contribution in [0.1, 0.15) is 16.7 Å². The van der Waals surface area contributed by atoms with Crippen molar-refractivity contribution in [3.05, 3.63) is 65.0 Å². The third-order valence-corrected chi connectivity index (χ3v) is 3.86. The Morgan fingerprint density at radius 2 is 1.65 bits per heavy atom. The first-order chi connectivity index (χ1) is 12.6. The lowest BCUT2D eigenvalue weighted by Gasteiger charge is -2.13. The third-order valence-electron chi connectivity index (χ3n) is 3.86. The van der Waals surface area contributed by atoms with Crippen LogP contribution < -0.4 is 15.4 Å². The number of aryl methyl sites for hydroxylation is 1. The molecule has 5 nitrogen and oxygen atoms in total. The van der Waals surface area contributed by atoms with Gasteiger partial charge < -0.3 is 20.1 Å². The molecule has 0 saturated carbocycles. The van der Waals surface area contributed by atoms with E-state index in [-0.39, 0.29) is 5.82 Å². The van der Waals surface area contributed by atoms with Gasteiger partial charge in [-0.25, -0.2) is 4.39 Å². The highest BCUT2D eigenvalue weighted by molar-refractivity contribution is 5.79. The predicted molar refractivity (Wildman–Crippen MR) is 102 cm³/mol. The number of aliphatic imine (C=N–C) groups is 1. The minimum Gasteiger partial charge on any atom is -0.491 e. The van der Waals surface area contributed by atoms with E-state index in [1.165, 1.54) is 6.07 Å². The number of hydrogen-bond acceptors (Lipinski definition) is 3. The van der Waals surface area contributed by atoms with E-state index in [9.17, 15) is 4.39 Å². The molecular weight excluding hydrogens is 333 g/mol. The number of halogens is 1. The molecule has 0 aliphatic heterocycles. The highest BCUT2D eigenvalue weighted by atomic mass is 19.1. The molecule has 2 aromatic rings. The van der Waals surface area contributed by atoms with Gasteiger partial charge in [0.1, 0.15) is 18.2 Å². The van der Waals surface area contributed by atoms with Crippen LogP contribution in [0.5, 0.6) is 5.75 Å². The van der Waals surface area contributed by atoms with E-state index in [4.69, 9.17) is 9.47 Å². The van der Waals surface area contributed by atoms with E-state index in [0.29, 0.717) is 37.8 Å². The molecule has 2 N–H and O–H groups in total. The number of rotatable bonds is 8. The van der Waals surface area contributed by atoms with Gasteiger partial charge in [0.05, 0.1) is 6.61 Å². The summed E-state index contributed by atoms with van der Waals surface area (Å²) in [5.74, 6) is 1.28. The highest BCUT2D eigenvalue weighted by Crippen LogP contribution is 2.12. The summed E-state index contributed by atoms with van der Waals surface area (Å²) in [6, 6.07) is 13.1. The fourth-order valence-electron chi connectivity index (χ4n) is 2.28. The molecule has 2 rings (SSSR count). The minimum absolute atomic E-state index is 0.194. The van der Waals surface area contributed by atoms with Crippen molar-refractivity contribution in [1.29, 1.82) is 0 Å². The molecule has 2 aromatic carbocycles. The Kier molecular flexibility index (Phi) is 7.89. The molecule has 0 spiro atoms. The van der Waals surface area contributed by atoms with Crippen LogP contribution in [0, 0.1) is 12.7 Å². The van der Waals surface area contributed by atoms with Crippen molar-refractivity contribution < 1.29 is 13.9 Å².